The third-order valence-electron chi connectivity index (χ3n) is 8.14. The van der Waals surface area contributed by atoms with Crippen molar-refractivity contribution in [1.29, 1.82) is 0 Å². The zero-order valence-corrected chi connectivity index (χ0v) is 21.8. The number of pyridine rings is 1. The van der Waals surface area contributed by atoms with Crippen LogP contribution < -0.4 is 0 Å². The van der Waals surface area contributed by atoms with E-state index in [1.807, 2.05) is 12.1 Å². The Balaban J connectivity index is 1.50. The van der Waals surface area contributed by atoms with Gasteiger partial charge in [0.1, 0.15) is 11.3 Å². The van der Waals surface area contributed by atoms with Crippen molar-refractivity contribution < 1.29 is 4.42 Å². The molecule has 4 aromatic carbocycles. The molecular formula is C36H26N2O. The summed E-state index contributed by atoms with van der Waals surface area (Å²) >= 11 is 0. The zero-order valence-electron chi connectivity index (χ0n) is 21.8. The molecule has 39 heavy (non-hydrogen) atoms. The van der Waals surface area contributed by atoms with Crippen LogP contribution in [0.1, 0.15) is 25.2 Å². The summed E-state index contributed by atoms with van der Waals surface area (Å²) in [5, 5.41) is 1.12. The fourth-order valence-electron chi connectivity index (χ4n) is 6.28. The molecule has 3 nitrogen and oxygen atoms in total. The van der Waals surface area contributed by atoms with Crippen LogP contribution in [0, 0.1) is 0 Å². The number of para-hydroxylation sites is 1. The van der Waals surface area contributed by atoms with E-state index < -0.39 is 0 Å². The highest BCUT2D eigenvalue weighted by Gasteiger charge is 2.42. The molecule has 0 saturated heterocycles. The standard InChI is InChI=1S/C36H26N2O/c1-36(2)28-19-11-9-17-26(28)32-33-34(39-35(32)36)27-18-10-12-20-31(27)38(33)25-21-29(23-13-5-3-6-14-23)37-30(22-25)24-15-7-4-8-16-24/h3-22H,1-2H3. The summed E-state index contributed by atoms with van der Waals surface area (Å²) in [6.07, 6.45) is 0. The number of aromatic nitrogens is 2. The van der Waals surface area contributed by atoms with E-state index in [0.717, 1.165) is 56.0 Å². The quantitative estimate of drug-likeness (QED) is 0.241. The fourth-order valence-corrected chi connectivity index (χ4v) is 6.28. The van der Waals surface area contributed by atoms with Crippen LogP contribution in [-0.2, 0) is 5.41 Å². The molecule has 0 amide bonds. The Hall–Kier alpha value is -4.89. The van der Waals surface area contributed by atoms with E-state index in [9.17, 15) is 0 Å². The molecule has 3 aromatic heterocycles. The maximum Gasteiger partial charge on any atom is 0.161 e. The molecule has 0 radical (unpaired) electrons. The minimum Gasteiger partial charge on any atom is -0.457 e. The molecule has 0 atom stereocenters. The Labute approximate surface area is 227 Å². The van der Waals surface area contributed by atoms with Gasteiger partial charge in [0, 0.05) is 27.5 Å². The second-order valence-electron chi connectivity index (χ2n) is 10.8. The molecule has 186 valence electrons. The maximum atomic E-state index is 6.82. The summed E-state index contributed by atoms with van der Waals surface area (Å²) in [5.74, 6) is 1.04. The van der Waals surface area contributed by atoms with Crippen LogP contribution in [0.25, 0.3) is 61.3 Å². The van der Waals surface area contributed by atoms with E-state index in [0.29, 0.717) is 0 Å². The summed E-state index contributed by atoms with van der Waals surface area (Å²) in [7, 11) is 0. The topological polar surface area (TPSA) is 31.0 Å². The SMILES string of the molecule is CC1(C)c2ccccc2-c2c1oc1c3ccccc3n(-c3cc(-c4ccccc4)nc(-c4ccccc4)c3)c21. The van der Waals surface area contributed by atoms with E-state index in [4.69, 9.17) is 9.40 Å². The zero-order chi connectivity index (χ0) is 26.1. The molecule has 0 saturated carbocycles. The van der Waals surface area contributed by atoms with Gasteiger partial charge in [-0.05, 0) is 49.2 Å². The van der Waals surface area contributed by atoms with E-state index in [1.54, 1.807) is 0 Å². The number of nitrogens with zero attached hydrogens (tertiary/aromatic N) is 2. The maximum absolute atomic E-state index is 6.82. The van der Waals surface area contributed by atoms with E-state index in [2.05, 4.69) is 128 Å². The number of hydrogen-bond donors (Lipinski definition) is 0. The van der Waals surface area contributed by atoms with Gasteiger partial charge in [-0.15, -0.1) is 0 Å². The minimum absolute atomic E-state index is 0.209. The highest BCUT2D eigenvalue weighted by Crippen LogP contribution is 2.54. The lowest BCUT2D eigenvalue weighted by Gasteiger charge is -2.18. The predicted molar refractivity (Wildman–Crippen MR) is 159 cm³/mol. The molecule has 0 fully saturated rings. The summed E-state index contributed by atoms with van der Waals surface area (Å²) in [6, 6.07) is 42.5. The van der Waals surface area contributed by atoms with Crippen molar-refractivity contribution in [1.82, 2.24) is 9.55 Å². The monoisotopic (exact) mass is 502 g/mol. The molecule has 7 aromatic rings. The number of fused-ring (bicyclic) bond motifs is 7. The van der Waals surface area contributed by atoms with Crippen LogP contribution in [0.3, 0.4) is 0 Å². The van der Waals surface area contributed by atoms with Crippen molar-refractivity contribution >= 4 is 22.0 Å². The Morgan fingerprint density at radius 2 is 1.26 bits per heavy atom. The van der Waals surface area contributed by atoms with Crippen LogP contribution in [0.5, 0.6) is 0 Å². The molecule has 0 spiro atoms. The van der Waals surface area contributed by atoms with Gasteiger partial charge in [-0.25, -0.2) is 4.98 Å². The highest BCUT2D eigenvalue weighted by molar-refractivity contribution is 6.13. The van der Waals surface area contributed by atoms with Gasteiger partial charge >= 0.3 is 0 Å². The Kier molecular flexibility index (Phi) is 4.57. The molecule has 1 aliphatic carbocycles. The van der Waals surface area contributed by atoms with Crippen molar-refractivity contribution in [3.05, 3.63) is 133 Å². The van der Waals surface area contributed by atoms with Crippen molar-refractivity contribution in [2.45, 2.75) is 19.3 Å². The van der Waals surface area contributed by atoms with E-state index >= 15 is 0 Å². The van der Waals surface area contributed by atoms with Gasteiger partial charge in [0.25, 0.3) is 0 Å². The van der Waals surface area contributed by atoms with Gasteiger partial charge < -0.3 is 8.98 Å². The summed E-state index contributed by atoms with van der Waals surface area (Å²) in [6.45, 7) is 4.53. The first-order valence-electron chi connectivity index (χ1n) is 13.4. The molecular weight excluding hydrogens is 476 g/mol. The Morgan fingerprint density at radius 1 is 0.667 bits per heavy atom. The van der Waals surface area contributed by atoms with Crippen molar-refractivity contribution in [3.63, 3.8) is 0 Å². The van der Waals surface area contributed by atoms with Crippen LogP contribution >= 0.6 is 0 Å². The molecule has 3 heterocycles. The molecule has 1 aliphatic rings. The molecule has 0 aliphatic heterocycles. The number of furan rings is 1. The first kappa shape index (κ1) is 22.1. The van der Waals surface area contributed by atoms with Crippen molar-refractivity contribution in [3.8, 4) is 39.3 Å². The van der Waals surface area contributed by atoms with Crippen LogP contribution in [-0.4, -0.2) is 9.55 Å². The lowest BCUT2D eigenvalue weighted by molar-refractivity contribution is 0.466. The van der Waals surface area contributed by atoms with Gasteiger partial charge in [0.2, 0.25) is 0 Å². The third-order valence-corrected chi connectivity index (χ3v) is 8.14. The summed E-state index contributed by atoms with van der Waals surface area (Å²) in [4.78, 5) is 5.13. The van der Waals surface area contributed by atoms with Gasteiger partial charge in [0.05, 0.1) is 22.6 Å². The molecule has 0 N–H and O–H groups in total. The highest BCUT2D eigenvalue weighted by atomic mass is 16.3. The fraction of sp³-hybridized carbons (Fsp3) is 0.0833. The van der Waals surface area contributed by atoms with Gasteiger partial charge in [-0.3, -0.25) is 0 Å². The molecule has 0 bridgehead atoms. The summed E-state index contributed by atoms with van der Waals surface area (Å²) < 4.78 is 9.20. The third kappa shape index (κ3) is 3.13. The van der Waals surface area contributed by atoms with Gasteiger partial charge in [0.15, 0.2) is 5.58 Å². The second kappa shape index (κ2) is 8.05. The number of benzene rings is 4. The van der Waals surface area contributed by atoms with Crippen molar-refractivity contribution in [2.24, 2.45) is 0 Å². The van der Waals surface area contributed by atoms with Gasteiger partial charge in [-0.2, -0.15) is 0 Å². The summed E-state index contributed by atoms with van der Waals surface area (Å²) in [5.41, 5.74) is 11.9. The van der Waals surface area contributed by atoms with Crippen LogP contribution in [0.15, 0.2) is 126 Å². The van der Waals surface area contributed by atoms with Gasteiger partial charge in [-0.1, -0.05) is 97.1 Å². The van der Waals surface area contributed by atoms with E-state index in [-0.39, 0.29) is 5.41 Å². The number of rotatable bonds is 3. The number of hydrogen-bond acceptors (Lipinski definition) is 2. The van der Waals surface area contributed by atoms with Crippen LogP contribution in [0.4, 0.5) is 0 Å². The Bertz CT molecular complexity index is 1970. The Morgan fingerprint density at radius 3 is 1.95 bits per heavy atom. The first-order chi connectivity index (χ1) is 19.1. The van der Waals surface area contributed by atoms with E-state index in [1.165, 1.54) is 16.7 Å². The lowest BCUT2D eigenvalue weighted by atomic mass is 9.86. The lowest BCUT2D eigenvalue weighted by Crippen LogP contribution is -2.14. The second-order valence-corrected chi connectivity index (χ2v) is 10.8. The smallest absolute Gasteiger partial charge is 0.161 e. The molecule has 8 rings (SSSR count). The first-order valence-corrected chi connectivity index (χ1v) is 13.4. The predicted octanol–water partition coefficient (Wildman–Crippen LogP) is 9.41. The van der Waals surface area contributed by atoms with Crippen LogP contribution in [0.2, 0.25) is 0 Å². The normalized spacial score (nSPS) is 13.6. The largest absolute Gasteiger partial charge is 0.457 e. The van der Waals surface area contributed by atoms with Crippen molar-refractivity contribution in [2.75, 3.05) is 0 Å². The average Bonchev–Trinajstić information content (AvgIpc) is 3.60. The molecule has 0 unspecified atom stereocenters. The molecule has 3 heteroatoms. The minimum atomic E-state index is -0.209. The average molecular weight is 503 g/mol.